The monoisotopic (exact) mass is 255 g/mol. The molecule has 0 saturated heterocycles. The van der Waals surface area contributed by atoms with Gasteiger partial charge in [0.1, 0.15) is 12.1 Å². The number of hydrogen-bond acceptors (Lipinski definition) is 5. The molecular formula is C12H17NO5. The number of aliphatic hydroxyl groups is 3. The molecule has 0 bridgehead atoms. The highest BCUT2D eigenvalue weighted by atomic mass is 16.5. The van der Waals surface area contributed by atoms with Gasteiger partial charge in [-0.15, -0.1) is 0 Å². The van der Waals surface area contributed by atoms with Crippen molar-refractivity contribution in [1.82, 2.24) is 5.32 Å². The van der Waals surface area contributed by atoms with Crippen molar-refractivity contribution in [3.05, 3.63) is 35.9 Å². The molecule has 4 N–H and O–H groups in total. The van der Waals surface area contributed by atoms with E-state index >= 15 is 0 Å². The summed E-state index contributed by atoms with van der Waals surface area (Å²) in [6, 6.07) is 9.07. The van der Waals surface area contributed by atoms with Crippen LogP contribution in [0, 0.1) is 0 Å². The minimum Gasteiger partial charge on any atom is -0.445 e. The van der Waals surface area contributed by atoms with E-state index in [-0.39, 0.29) is 6.61 Å². The number of rotatable bonds is 6. The number of benzene rings is 1. The molecule has 0 aliphatic carbocycles. The molecule has 1 aromatic rings. The van der Waals surface area contributed by atoms with Crippen molar-refractivity contribution in [2.24, 2.45) is 0 Å². The van der Waals surface area contributed by atoms with E-state index in [1.807, 2.05) is 18.2 Å². The summed E-state index contributed by atoms with van der Waals surface area (Å²) >= 11 is 0. The number of ether oxygens (including phenoxy) is 1. The molecule has 0 unspecified atom stereocenters. The van der Waals surface area contributed by atoms with Crippen LogP contribution < -0.4 is 5.32 Å². The second-order valence-electron chi connectivity index (χ2n) is 3.94. The number of carbonyl (C=O) groups excluding carboxylic acids is 1. The van der Waals surface area contributed by atoms with E-state index in [1.54, 1.807) is 12.1 Å². The Bertz CT molecular complexity index is 356. The van der Waals surface area contributed by atoms with Crippen LogP contribution in [0.4, 0.5) is 4.79 Å². The maximum Gasteiger partial charge on any atom is 0.408 e. The predicted octanol–water partition coefficient (Wildman–Crippen LogP) is -0.372. The highest BCUT2D eigenvalue weighted by Gasteiger charge is 2.30. The number of nitrogens with one attached hydrogen (secondary N) is 1. The smallest absolute Gasteiger partial charge is 0.408 e. The second kappa shape index (κ2) is 6.95. The Kier molecular flexibility index (Phi) is 5.57. The molecule has 0 aromatic heterocycles. The first-order valence-corrected chi connectivity index (χ1v) is 5.47. The van der Waals surface area contributed by atoms with Gasteiger partial charge in [-0.3, -0.25) is 0 Å². The Morgan fingerprint density at radius 1 is 1.11 bits per heavy atom. The fourth-order valence-corrected chi connectivity index (χ4v) is 1.24. The van der Waals surface area contributed by atoms with Crippen molar-refractivity contribution in [1.29, 1.82) is 0 Å². The zero-order chi connectivity index (χ0) is 13.4. The van der Waals surface area contributed by atoms with Crippen molar-refractivity contribution in [2.45, 2.75) is 12.1 Å². The Labute approximate surface area is 105 Å². The minimum atomic E-state index is -1.46. The first kappa shape index (κ1) is 14.4. The molecule has 0 saturated carbocycles. The highest BCUT2D eigenvalue weighted by molar-refractivity contribution is 5.68. The SMILES string of the molecule is O=C(NC(CO)(CO)CO)OCc1ccccc1. The Balaban J connectivity index is 2.46. The molecule has 6 heteroatoms. The number of hydrogen-bond donors (Lipinski definition) is 4. The van der Waals surface area contributed by atoms with E-state index in [4.69, 9.17) is 20.1 Å². The van der Waals surface area contributed by atoms with Gasteiger partial charge < -0.3 is 25.4 Å². The molecule has 0 radical (unpaired) electrons. The van der Waals surface area contributed by atoms with E-state index < -0.39 is 31.5 Å². The zero-order valence-electron chi connectivity index (χ0n) is 9.87. The van der Waals surface area contributed by atoms with Gasteiger partial charge in [-0.2, -0.15) is 0 Å². The average molecular weight is 255 g/mol. The topological polar surface area (TPSA) is 99.0 Å². The lowest BCUT2D eigenvalue weighted by molar-refractivity contribution is 0.0357. The van der Waals surface area contributed by atoms with Crippen molar-refractivity contribution in [2.75, 3.05) is 19.8 Å². The lowest BCUT2D eigenvalue weighted by Crippen LogP contribution is -2.57. The summed E-state index contributed by atoms with van der Waals surface area (Å²) in [5, 5.41) is 29.3. The summed E-state index contributed by atoms with van der Waals surface area (Å²) in [7, 11) is 0. The fourth-order valence-electron chi connectivity index (χ4n) is 1.24. The second-order valence-corrected chi connectivity index (χ2v) is 3.94. The van der Waals surface area contributed by atoms with Crippen LogP contribution >= 0.6 is 0 Å². The molecule has 0 aliphatic rings. The molecule has 0 atom stereocenters. The fraction of sp³-hybridized carbons (Fsp3) is 0.417. The summed E-state index contributed by atoms with van der Waals surface area (Å²) in [5.41, 5.74) is -0.649. The molecule has 100 valence electrons. The molecule has 0 spiro atoms. The van der Waals surface area contributed by atoms with Crippen LogP contribution in [-0.4, -0.2) is 46.8 Å². The van der Waals surface area contributed by atoms with Gasteiger partial charge in [0.05, 0.1) is 19.8 Å². The number of amides is 1. The van der Waals surface area contributed by atoms with Crippen LogP contribution in [0.3, 0.4) is 0 Å². The third-order valence-electron chi connectivity index (χ3n) is 2.49. The summed E-state index contributed by atoms with van der Waals surface area (Å²) in [5.74, 6) is 0. The molecule has 1 rings (SSSR count). The van der Waals surface area contributed by atoms with Crippen molar-refractivity contribution in [3.63, 3.8) is 0 Å². The van der Waals surface area contributed by atoms with Crippen LogP contribution in [-0.2, 0) is 11.3 Å². The lowest BCUT2D eigenvalue weighted by Gasteiger charge is -2.27. The third-order valence-corrected chi connectivity index (χ3v) is 2.49. The maximum absolute atomic E-state index is 11.4. The molecule has 0 aliphatic heterocycles. The van der Waals surface area contributed by atoms with Crippen molar-refractivity contribution >= 4 is 6.09 Å². The Hall–Kier alpha value is -1.63. The van der Waals surface area contributed by atoms with Crippen LogP contribution in [0.15, 0.2) is 30.3 Å². The summed E-state index contributed by atoms with van der Waals surface area (Å²) in [4.78, 5) is 11.4. The molecule has 6 nitrogen and oxygen atoms in total. The van der Waals surface area contributed by atoms with E-state index in [0.717, 1.165) is 5.56 Å². The largest absolute Gasteiger partial charge is 0.445 e. The maximum atomic E-state index is 11.4. The van der Waals surface area contributed by atoms with Gasteiger partial charge in [-0.05, 0) is 5.56 Å². The third kappa shape index (κ3) is 3.99. The van der Waals surface area contributed by atoms with Gasteiger partial charge in [0.15, 0.2) is 0 Å². The van der Waals surface area contributed by atoms with Crippen LogP contribution in [0.1, 0.15) is 5.56 Å². The number of alkyl carbamates (subject to hydrolysis) is 1. The molecule has 1 amide bonds. The summed E-state index contributed by atoms with van der Waals surface area (Å²) < 4.78 is 4.91. The Morgan fingerprint density at radius 2 is 1.67 bits per heavy atom. The standard InChI is InChI=1S/C12H17NO5/c14-7-12(8-15,9-16)13-11(17)18-6-10-4-2-1-3-5-10/h1-5,14-16H,6-9H2,(H,13,17). The first-order chi connectivity index (χ1) is 8.65. The van der Waals surface area contributed by atoms with Crippen LogP contribution in [0.25, 0.3) is 0 Å². The van der Waals surface area contributed by atoms with Gasteiger partial charge in [0.25, 0.3) is 0 Å². The van der Waals surface area contributed by atoms with Crippen LogP contribution in [0.2, 0.25) is 0 Å². The highest BCUT2D eigenvalue weighted by Crippen LogP contribution is 2.04. The first-order valence-electron chi connectivity index (χ1n) is 5.47. The van der Waals surface area contributed by atoms with E-state index in [9.17, 15) is 4.79 Å². The average Bonchev–Trinajstić information content (AvgIpc) is 2.44. The van der Waals surface area contributed by atoms with Crippen LogP contribution in [0.5, 0.6) is 0 Å². The Morgan fingerprint density at radius 3 is 2.17 bits per heavy atom. The van der Waals surface area contributed by atoms with Gasteiger partial charge >= 0.3 is 6.09 Å². The zero-order valence-corrected chi connectivity index (χ0v) is 9.87. The van der Waals surface area contributed by atoms with Gasteiger partial charge in [-0.25, -0.2) is 4.79 Å². The lowest BCUT2D eigenvalue weighted by atomic mass is 10.0. The number of carbonyl (C=O) groups is 1. The van der Waals surface area contributed by atoms with E-state index in [1.165, 1.54) is 0 Å². The van der Waals surface area contributed by atoms with Gasteiger partial charge in [0.2, 0.25) is 0 Å². The summed E-state index contributed by atoms with van der Waals surface area (Å²) in [6.07, 6.45) is -0.809. The molecule has 0 fully saturated rings. The molecule has 1 aromatic carbocycles. The quantitative estimate of drug-likeness (QED) is 0.556. The van der Waals surface area contributed by atoms with Gasteiger partial charge in [-0.1, -0.05) is 30.3 Å². The minimum absolute atomic E-state index is 0.0744. The van der Waals surface area contributed by atoms with Crippen molar-refractivity contribution in [3.8, 4) is 0 Å². The molecule has 0 heterocycles. The van der Waals surface area contributed by atoms with Crippen molar-refractivity contribution < 1.29 is 24.9 Å². The van der Waals surface area contributed by atoms with Gasteiger partial charge in [0, 0.05) is 0 Å². The van der Waals surface area contributed by atoms with E-state index in [0.29, 0.717) is 0 Å². The van der Waals surface area contributed by atoms with E-state index in [2.05, 4.69) is 5.32 Å². The number of aliphatic hydroxyl groups excluding tert-OH is 3. The normalized spacial score (nSPS) is 11.1. The predicted molar refractivity (Wildman–Crippen MR) is 63.8 cm³/mol. The summed E-state index contributed by atoms with van der Waals surface area (Å²) in [6.45, 7) is -1.67. The molecular weight excluding hydrogens is 238 g/mol. The molecule has 18 heavy (non-hydrogen) atoms.